The van der Waals surface area contributed by atoms with Gasteiger partial charge in [-0.3, -0.25) is 14.2 Å². The Morgan fingerprint density at radius 1 is 1.29 bits per heavy atom. The van der Waals surface area contributed by atoms with Gasteiger partial charge in [0.2, 0.25) is 5.91 Å². The molecule has 0 fully saturated rings. The van der Waals surface area contributed by atoms with Crippen molar-refractivity contribution in [3.63, 3.8) is 0 Å². The maximum atomic E-state index is 12.7. The third-order valence-electron chi connectivity index (χ3n) is 3.75. The van der Waals surface area contributed by atoms with Crippen molar-refractivity contribution < 1.29 is 4.79 Å². The van der Waals surface area contributed by atoms with E-state index in [9.17, 15) is 9.59 Å². The molecule has 0 unspecified atom stereocenters. The van der Waals surface area contributed by atoms with Crippen LogP contribution in [-0.4, -0.2) is 27.3 Å². The summed E-state index contributed by atoms with van der Waals surface area (Å²) in [6, 6.07) is 7.47. The summed E-state index contributed by atoms with van der Waals surface area (Å²) < 4.78 is 1.66. The van der Waals surface area contributed by atoms with Crippen LogP contribution in [0.3, 0.4) is 0 Å². The van der Waals surface area contributed by atoms with Crippen molar-refractivity contribution in [2.24, 2.45) is 0 Å². The van der Waals surface area contributed by atoms with Gasteiger partial charge >= 0.3 is 0 Å². The van der Waals surface area contributed by atoms with Crippen LogP contribution in [0.1, 0.15) is 46.6 Å². The molecule has 0 saturated heterocycles. The van der Waals surface area contributed by atoms with Crippen molar-refractivity contribution in [2.75, 3.05) is 5.75 Å². The quantitative estimate of drug-likeness (QED) is 0.616. The van der Waals surface area contributed by atoms with E-state index in [1.807, 2.05) is 39.0 Å². The molecule has 1 atom stereocenters. The summed E-state index contributed by atoms with van der Waals surface area (Å²) in [6.45, 7) is 8.00. The van der Waals surface area contributed by atoms with Gasteiger partial charge in [0.25, 0.3) is 5.56 Å². The summed E-state index contributed by atoms with van der Waals surface area (Å²) in [5.41, 5.74) is 0.611. The number of carbonyl (C=O) groups excluding carboxylic acids is 1. The molecule has 2 aromatic rings. The lowest BCUT2D eigenvalue weighted by Gasteiger charge is -2.17. The van der Waals surface area contributed by atoms with E-state index in [-0.39, 0.29) is 29.3 Å². The van der Waals surface area contributed by atoms with E-state index >= 15 is 0 Å². The molecule has 1 aromatic carbocycles. The minimum atomic E-state index is -0.0575. The second kappa shape index (κ2) is 8.33. The third kappa shape index (κ3) is 4.38. The maximum Gasteiger partial charge on any atom is 0.262 e. The molecule has 2 rings (SSSR count). The van der Waals surface area contributed by atoms with Crippen LogP contribution < -0.4 is 10.9 Å². The van der Waals surface area contributed by atoms with Gasteiger partial charge in [-0.05, 0) is 39.3 Å². The SMILES string of the molecule is CCC[C@H](C)NC(=O)CSc1nc2ccccc2c(=O)n1C(C)C. The zero-order valence-electron chi connectivity index (χ0n) is 14.7. The number of hydrogen-bond acceptors (Lipinski definition) is 4. The van der Waals surface area contributed by atoms with Gasteiger partial charge in [-0.25, -0.2) is 4.98 Å². The summed E-state index contributed by atoms with van der Waals surface area (Å²) in [7, 11) is 0. The van der Waals surface area contributed by atoms with Crippen LogP contribution in [0, 0.1) is 0 Å². The van der Waals surface area contributed by atoms with Crippen LogP contribution in [-0.2, 0) is 4.79 Å². The first-order valence-corrected chi connectivity index (χ1v) is 9.36. The molecule has 1 aromatic heterocycles. The van der Waals surface area contributed by atoms with Gasteiger partial charge < -0.3 is 5.32 Å². The molecule has 6 heteroatoms. The molecule has 0 spiro atoms. The number of para-hydroxylation sites is 1. The van der Waals surface area contributed by atoms with E-state index in [1.165, 1.54) is 11.8 Å². The number of nitrogens with one attached hydrogen (secondary N) is 1. The Balaban J connectivity index is 2.23. The molecular formula is C18H25N3O2S. The van der Waals surface area contributed by atoms with E-state index in [2.05, 4.69) is 17.2 Å². The fourth-order valence-corrected chi connectivity index (χ4v) is 3.57. The Kier molecular flexibility index (Phi) is 6.43. The van der Waals surface area contributed by atoms with Gasteiger partial charge in [-0.2, -0.15) is 0 Å². The van der Waals surface area contributed by atoms with E-state index in [4.69, 9.17) is 0 Å². The maximum absolute atomic E-state index is 12.7. The smallest absolute Gasteiger partial charge is 0.262 e. The Bertz CT molecular complexity index is 770. The van der Waals surface area contributed by atoms with E-state index < -0.39 is 0 Å². The number of nitrogens with zero attached hydrogens (tertiary/aromatic N) is 2. The van der Waals surface area contributed by atoms with Crippen LogP contribution in [0.5, 0.6) is 0 Å². The minimum absolute atomic E-state index is 0.0146. The summed E-state index contributed by atoms with van der Waals surface area (Å²) in [5.74, 6) is 0.226. The summed E-state index contributed by atoms with van der Waals surface area (Å²) >= 11 is 1.31. The van der Waals surface area contributed by atoms with Crippen LogP contribution in [0.25, 0.3) is 10.9 Å². The monoisotopic (exact) mass is 347 g/mol. The first-order valence-electron chi connectivity index (χ1n) is 8.37. The highest BCUT2D eigenvalue weighted by molar-refractivity contribution is 7.99. The van der Waals surface area contributed by atoms with Gasteiger partial charge in [0.1, 0.15) is 0 Å². The lowest BCUT2D eigenvalue weighted by atomic mass is 10.2. The van der Waals surface area contributed by atoms with Crippen LogP contribution >= 0.6 is 11.8 Å². The number of fused-ring (bicyclic) bond motifs is 1. The normalized spacial score (nSPS) is 12.5. The first kappa shape index (κ1) is 18.5. The summed E-state index contributed by atoms with van der Waals surface area (Å²) in [6.07, 6.45) is 2.00. The van der Waals surface area contributed by atoms with Crippen molar-refractivity contribution >= 4 is 28.6 Å². The van der Waals surface area contributed by atoms with Crippen LogP contribution in [0.4, 0.5) is 0 Å². The molecular weight excluding hydrogens is 322 g/mol. The predicted molar refractivity (Wildman–Crippen MR) is 99.6 cm³/mol. The molecule has 24 heavy (non-hydrogen) atoms. The predicted octanol–water partition coefficient (Wildman–Crippen LogP) is 3.37. The third-order valence-corrected chi connectivity index (χ3v) is 4.71. The second-order valence-corrected chi connectivity index (χ2v) is 7.17. The van der Waals surface area contributed by atoms with Gasteiger partial charge in [-0.15, -0.1) is 0 Å². The fraction of sp³-hybridized carbons (Fsp3) is 0.500. The van der Waals surface area contributed by atoms with Crippen LogP contribution in [0.2, 0.25) is 0 Å². The second-order valence-electron chi connectivity index (χ2n) is 6.23. The minimum Gasteiger partial charge on any atom is -0.353 e. The van der Waals surface area contributed by atoms with Crippen molar-refractivity contribution in [2.45, 2.75) is 57.8 Å². The number of amides is 1. The zero-order chi connectivity index (χ0) is 17.7. The van der Waals surface area contributed by atoms with Gasteiger partial charge in [0.15, 0.2) is 5.16 Å². The Morgan fingerprint density at radius 3 is 2.67 bits per heavy atom. The molecule has 0 aliphatic heterocycles. The van der Waals surface area contributed by atoms with Crippen molar-refractivity contribution in [1.82, 2.24) is 14.9 Å². The van der Waals surface area contributed by atoms with E-state index in [0.29, 0.717) is 16.1 Å². The Labute approximate surface area is 146 Å². The van der Waals surface area contributed by atoms with Crippen molar-refractivity contribution in [3.05, 3.63) is 34.6 Å². The molecule has 1 N–H and O–H groups in total. The Hall–Kier alpha value is -1.82. The summed E-state index contributed by atoms with van der Waals surface area (Å²) in [4.78, 5) is 29.4. The molecule has 0 aliphatic carbocycles. The number of thioether (sulfide) groups is 1. The molecule has 1 heterocycles. The summed E-state index contributed by atoms with van der Waals surface area (Å²) in [5, 5.41) is 4.17. The average Bonchev–Trinajstić information content (AvgIpc) is 2.52. The molecule has 130 valence electrons. The molecule has 1 amide bonds. The number of carbonyl (C=O) groups is 1. The van der Waals surface area contributed by atoms with Crippen molar-refractivity contribution in [1.29, 1.82) is 0 Å². The van der Waals surface area contributed by atoms with Gasteiger partial charge in [0, 0.05) is 12.1 Å². The first-order chi connectivity index (χ1) is 11.4. The topological polar surface area (TPSA) is 64.0 Å². The molecule has 0 saturated carbocycles. The molecule has 5 nitrogen and oxygen atoms in total. The lowest BCUT2D eigenvalue weighted by Crippen LogP contribution is -2.34. The fourth-order valence-electron chi connectivity index (χ4n) is 2.63. The van der Waals surface area contributed by atoms with E-state index in [1.54, 1.807) is 10.6 Å². The highest BCUT2D eigenvalue weighted by atomic mass is 32.2. The number of aromatic nitrogens is 2. The zero-order valence-corrected chi connectivity index (χ0v) is 15.5. The average molecular weight is 347 g/mol. The van der Waals surface area contributed by atoms with E-state index in [0.717, 1.165) is 12.8 Å². The standard InChI is InChI=1S/C18H25N3O2S/c1-5-8-13(4)19-16(22)11-24-18-20-15-10-7-6-9-14(15)17(23)21(18)12(2)3/h6-7,9-10,12-13H,5,8,11H2,1-4H3,(H,19,22)/t13-/m0/s1. The highest BCUT2D eigenvalue weighted by Crippen LogP contribution is 2.20. The molecule has 0 aliphatic rings. The molecule has 0 radical (unpaired) electrons. The highest BCUT2D eigenvalue weighted by Gasteiger charge is 2.15. The molecule has 0 bridgehead atoms. The van der Waals surface area contributed by atoms with Gasteiger partial charge in [0.05, 0.1) is 16.7 Å². The number of hydrogen-bond donors (Lipinski definition) is 1. The number of rotatable bonds is 7. The van der Waals surface area contributed by atoms with Crippen LogP contribution in [0.15, 0.2) is 34.2 Å². The lowest BCUT2D eigenvalue weighted by molar-refractivity contribution is -0.119. The van der Waals surface area contributed by atoms with Crippen molar-refractivity contribution in [3.8, 4) is 0 Å². The Morgan fingerprint density at radius 2 is 2.00 bits per heavy atom. The number of benzene rings is 1. The van der Waals surface area contributed by atoms with Gasteiger partial charge in [-0.1, -0.05) is 37.2 Å². The largest absolute Gasteiger partial charge is 0.353 e.